The topological polar surface area (TPSA) is 108 Å². The Labute approximate surface area is 210 Å². The second kappa shape index (κ2) is 9.39. The van der Waals surface area contributed by atoms with Crippen LogP contribution in [-0.2, 0) is 0 Å². The van der Waals surface area contributed by atoms with Gasteiger partial charge in [-0.2, -0.15) is 0 Å². The van der Waals surface area contributed by atoms with Gasteiger partial charge >= 0.3 is 0 Å². The monoisotopic (exact) mass is 511 g/mol. The Balaban J connectivity index is 1.60. The highest BCUT2D eigenvalue weighted by molar-refractivity contribution is 8.00. The van der Waals surface area contributed by atoms with Crippen LogP contribution in [0.2, 0.25) is 0 Å². The predicted octanol–water partition coefficient (Wildman–Crippen LogP) is 6.55. The number of methoxy groups -OCH3 is 1. The number of alkyl halides is 1. The van der Waals surface area contributed by atoms with Crippen molar-refractivity contribution in [3.8, 4) is 5.75 Å². The van der Waals surface area contributed by atoms with Crippen molar-refractivity contribution >= 4 is 40.4 Å². The molecule has 3 aromatic carbocycles. The average molecular weight is 512 g/mol. The summed E-state index contributed by atoms with van der Waals surface area (Å²) < 4.78 is 5.55. The molecule has 3 aromatic rings. The van der Waals surface area contributed by atoms with E-state index in [0.717, 1.165) is 11.1 Å². The Morgan fingerprint density at radius 1 is 1.03 bits per heavy atom. The van der Waals surface area contributed by atoms with Gasteiger partial charge in [0.1, 0.15) is 5.75 Å². The van der Waals surface area contributed by atoms with Crippen LogP contribution < -0.4 is 10.1 Å². The average Bonchev–Trinajstić information content (AvgIpc) is 3.19. The van der Waals surface area contributed by atoms with Crippen molar-refractivity contribution in [1.29, 1.82) is 0 Å². The number of nitrogens with zero attached hydrogens (tertiary/aromatic N) is 2. The predicted molar refractivity (Wildman–Crippen MR) is 136 cm³/mol. The lowest BCUT2D eigenvalue weighted by atomic mass is 9.77. The summed E-state index contributed by atoms with van der Waals surface area (Å²) in [6, 6.07) is 19.5. The number of nitrogens with one attached hydrogen (secondary N) is 1. The highest BCUT2D eigenvalue weighted by Crippen LogP contribution is 2.59. The minimum atomic E-state index is -0.432. The van der Waals surface area contributed by atoms with E-state index >= 15 is 0 Å². The first-order valence-corrected chi connectivity index (χ1v) is 12.4. The zero-order valence-corrected chi connectivity index (χ0v) is 20.2. The highest BCUT2D eigenvalue weighted by Gasteiger charge is 2.51. The number of para-hydroxylation sites is 1. The lowest BCUT2D eigenvalue weighted by molar-refractivity contribution is -0.387. The van der Waals surface area contributed by atoms with Gasteiger partial charge in [-0.05, 0) is 29.5 Å². The van der Waals surface area contributed by atoms with Crippen LogP contribution in [0.5, 0.6) is 5.75 Å². The van der Waals surface area contributed by atoms with Crippen LogP contribution in [0.25, 0.3) is 0 Å². The SMILES string of the molecule is COc1cc([N+](=O)[O-])cc2c1NC(c1ccccc1)C1CC(Sc3ccccc3[N+](=O)[O-])C(Cl)C21. The van der Waals surface area contributed by atoms with Crippen molar-refractivity contribution in [2.24, 2.45) is 5.92 Å². The van der Waals surface area contributed by atoms with Gasteiger partial charge in [0, 0.05) is 23.3 Å². The third-order valence-corrected chi connectivity index (χ3v) is 8.91. The van der Waals surface area contributed by atoms with Gasteiger partial charge in [-0.25, -0.2) is 0 Å². The van der Waals surface area contributed by atoms with Crippen LogP contribution >= 0.6 is 23.4 Å². The number of fused-ring (bicyclic) bond motifs is 3. The van der Waals surface area contributed by atoms with Crippen molar-refractivity contribution in [2.45, 2.75) is 33.9 Å². The third kappa shape index (κ3) is 4.19. The van der Waals surface area contributed by atoms with E-state index in [1.165, 1.54) is 31.0 Å². The molecule has 1 aliphatic heterocycles. The molecule has 5 unspecified atom stereocenters. The van der Waals surface area contributed by atoms with Crippen molar-refractivity contribution in [2.75, 3.05) is 12.4 Å². The van der Waals surface area contributed by atoms with E-state index in [1.807, 2.05) is 30.3 Å². The molecule has 1 saturated carbocycles. The molecule has 1 N–H and O–H groups in total. The van der Waals surface area contributed by atoms with E-state index in [1.54, 1.807) is 24.3 Å². The summed E-state index contributed by atoms with van der Waals surface area (Å²) in [5.41, 5.74) is 2.52. The van der Waals surface area contributed by atoms with Gasteiger partial charge < -0.3 is 10.1 Å². The first kappa shape index (κ1) is 23.4. The molecule has 1 aliphatic carbocycles. The number of nitro benzene ring substituents is 2. The van der Waals surface area contributed by atoms with Gasteiger partial charge in [-0.1, -0.05) is 42.5 Å². The molecule has 1 heterocycles. The van der Waals surface area contributed by atoms with E-state index in [2.05, 4.69) is 5.32 Å². The molecule has 35 heavy (non-hydrogen) atoms. The van der Waals surface area contributed by atoms with Gasteiger partial charge in [0.2, 0.25) is 0 Å². The van der Waals surface area contributed by atoms with Crippen molar-refractivity contribution < 1.29 is 14.6 Å². The zero-order chi connectivity index (χ0) is 24.7. The number of rotatable bonds is 6. The molecule has 0 saturated heterocycles. The molecule has 2 aliphatic rings. The van der Waals surface area contributed by atoms with E-state index < -0.39 is 10.3 Å². The quantitative estimate of drug-likeness (QED) is 0.227. The van der Waals surface area contributed by atoms with Gasteiger partial charge in [0.05, 0.1) is 45.0 Å². The number of hydrogen-bond donors (Lipinski definition) is 1. The fraction of sp³-hybridized carbons (Fsp3) is 0.280. The van der Waals surface area contributed by atoms with Gasteiger partial charge in [-0.15, -0.1) is 23.4 Å². The Morgan fingerprint density at radius 3 is 2.43 bits per heavy atom. The molecule has 0 aromatic heterocycles. The maximum Gasteiger partial charge on any atom is 0.282 e. The number of ether oxygens (including phenoxy) is 1. The second-order valence-corrected chi connectivity index (χ2v) is 10.4. The van der Waals surface area contributed by atoms with E-state index in [0.29, 0.717) is 22.8 Å². The van der Waals surface area contributed by atoms with Crippen LogP contribution in [-0.4, -0.2) is 27.6 Å². The van der Waals surface area contributed by atoms with Crippen LogP contribution in [0.3, 0.4) is 0 Å². The number of nitro groups is 2. The number of anilines is 1. The molecule has 0 amide bonds. The van der Waals surface area contributed by atoms with Gasteiger partial charge in [0.25, 0.3) is 11.4 Å². The molecule has 8 nitrogen and oxygen atoms in total. The summed E-state index contributed by atoms with van der Waals surface area (Å²) in [6.07, 6.45) is 0.687. The Bertz CT molecular complexity index is 1290. The molecule has 180 valence electrons. The molecule has 10 heteroatoms. The molecule has 5 rings (SSSR count). The molecule has 0 spiro atoms. The standard InChI is InChI=1S/C25H22ClN3O5S/c1-34-19-12-15(28(30)31)11-16-22-17(24(27-25(16)19)14-7-3-2-4-8-14)13-21(23(22)26)35-20-10-6-5-9-18(20)29(32)33/h2-12,17,21-24,27H,13H2,1H3. The van der Waals surface area contributed by atoms with E-state index in [9.17, 15) is 20.2 Å². The van der Waals surface area contributed by atoms with Crippen molar-refractivity contribution in [3.63, 3.8) is 0 Å². The third-order valence-electron chi connectivity index (χ3n) is 6.80. The highest BCUT2D eigenvalue weighted by atomic mass is 35.5. The number of hydrogen-bond acceptors (Lipinski definition) is 7. The molecular weight excluding hydrogens is 490 g/mol. The lowest BCUT2D eigenvalue weighted by Gasteiger charge is -2.38. The second-order valence-electron chi connectivity index (χ2n) is 8.65. The van der Waals surface area contributed by atoms with Crippen molar-refractivity contribution in [1.82, 2.24) is 0 Å². The molecule has 0 radical (unpaired) electrons. The van der Waals surface area contributed by atoms with Crippen molar-refractivity contribution in [3.05, 3.63) is 98.1 Å². The maximum atomic E-state index is 11.6. The summed E-state index contributed by atoms with van der Waals surface area (Å²) in [5.74, 6) is 0.221. The van der Waals surface area contributed by atoms with Gasteiger partial charge in [0.15, 0.2) is 0 Å². The molecule has 5 atom stereocenters. The largest absolute Gasteiger partial charge is 0.494 e. The fourth-order valence-electron chi connectivity index (χ4n) is 5.30. The lowest BCUT2D eigenvalue weighted by Crippen LogP contribution is -2.31. The maximum absolute atomic E-state index is 11.6. The van der Waals surface area contributed by atoms with Crippen LogP contribution in [0.15, 0.2) is 71.6 Å². The zero-order valence-electron chi connectivity index (χ0n) is 18.7. The van der Waals surface area contributed by atoms with Gasteiger partial charge in [-0.3, -0.25) is 20.2 Å². The van der Waals surface area contributed by atoms with Crippen LogP contribution in [0.1, 0.15) is 29.5 Å². The molecule has 0 bridgehead atoms. The number of benzene rings is 3. The minimum Gasteiger partial charge on any atom is -0.494 e. The van der Waals surface area contributed by atoms with E-state index in [-0.39, 0.29) is 39.4 Å². The Hall–Kier alpha value is -3.30. The first-order chi connectivity index (χ1) is 16.9. The molecule has 1 fully saturated rings. The first-order valence-electron chi connectivity index (χ1n) is 11.1. The summed E-state index contributed by atoms with van der Waals surface area (Å²) in [5, 5.41) is 26.3. The normalized spacial score (nSPS) is 24.7. The number of halogens is 1. The van der Waals surface area contributed by atoms with Crippen LogP contribution in [0, 0.1) is 26.1 Å². The summed E-state index contributed by atoms with van der Waals surface area (Å²) in [6.45, 7) is 0. The minimum absolute atomic E-state index is 0.0272. The van der Waals surface area contributed by atoms with Crippen LogP contribution in [0.4, 0.5) is 17.1 Å². The Kier molecular flexibility index (Phi) is 6.29. The van der Waals surface area contributed by atoms with E-state index in [4.69, 9.17) is 16.3 Å². The smallest absolute Gasteiger partial charge is 0.282 e. The number of thioether (sulfide) groups is 1. The summed E-state index contributed by atoms with van der Waals surface area (Å²) in [4.78, 5) is 23.0. The summed E-state index contributed by atoms with van der Waals surface area (Å²) in [7, 11) is 1.49. The summed E-state index contributed by atoms with van der Waals surface area (Å²) >= 11 is 8.52. The number of non-ortho nitro benzene ring substituents is 1. The Morgan fingerprint density at radius 2 is 1.74 bits per heavy atom. The molecular formula is C25H22ClN3O5S. The fourth-order valence-corrected chi connectivity index (χ4v) is 7.24.